The number of halogens is 2. The third-order valence-electron chi connectivity index (χ3n) is 6.13. The molecule has 1 fully saturated rings. The second-order valence-corrected chi connectivity index (χ2v) is 9.89. The van der Waals surface area contributed by atoms with Crippen LogP contribution >= 0.6 is 23.2 Å². The summed E-state index contributed by atoms with van der Waals surface area (Å²) in [5.74, 6) is 1.04. The Morgan fingerprint density at radius 1 is 0.794 bits per heavy atom. The predicted molar refractivity (Wildman–Crippen MR) is 135 cm³/mol. The van der Waals surface area contributed by atoms with Crippen molar-refractivity contribution >= 4 is 35.0 Å². The number of nitrogens with zero attached hydrogens (tertiary/aromatic N) is 2. The van der Waals surface area contributed by atoms with Gasteiger partial charge in [0.2, 0.25) is 0 Å². The van der Waals surface area contributed by atoms with E-state index < -0.39 is 12.2 Å². The molecule has 0 spiro atoms. The van der Waals surface area contributed by atoms with Crippen molar-refractivity contribution in [1.82, 2.24) is 9.80 Å². The van der Waals surface area contributed by atoms with Gasteiger partial charge in [0.15, 0.2) is 12.2 Å². The van der Waals surface area contributed by atoms with E-state index in [-0.39, 0.29) is 23.9 Å². The molecule has 0 aliphatic carbocycles. The minimum atomic E-state index is -0.660. The van der Waals surface area contributed by atoms with Crippen LogP contribution in [0.2, 0.25) is 10.0 Å². The number of amides is 2. The molecule has 2 aromatic rings. The molecule has 1 heterocycles. The molecule has 34 heavy (non-hydrogen) atoms. The van der Waals surface area contributed by atoms with Crippen LogP contribution in [0.25, 0.3) is 0 Å². The highest BCUT2D eigenvalue weighted by atomic mass is 35.5. The number of hydrogen-bond donors (Lipinski definition) is 0. The predicted octanol–water partition coefficient (Wildman–Crippen LogP) is 5.29. The van der Waals surface area contributed by atoms with Crippen LogP contribution in [-0.4, -0.2) is 59.0 Å². The highest BCUT2D eigenvalue weighted by Gasteiger charge is 2.38. The Bertz CT molecular complexity index is 978. The third-order valence-corrected chi connectivity index (χ3v) is 6.60. The molecule has 4 atom stereocenters. The van der Waals surface area contributed by atoms with E-state index in [1.807, 2.05) is 27.7 Å². The van der Waals surface area contributed by atoms with Gasteiger partial charge in [-0.15, -0.1) is 0 Å². The van der Waals surface area contributed by atoms with E-state index in [1.165, 1.54) is 0 Å². The number of rotatable bonds is 6. The fourth-order valence-electron chi connectivity index (χ4n) is 4.18. The number of aryl methyl sites for hydroxylation is 2. The molecule has 0 bridgehead atoms. The lowest BCUT2D eigenvalue weighted by Crippen LogP contribution is -2.62. The van der Waals surface area contributed by atoms with Crippen molar-refractivity contribution in [3.63, 3.8) is 0 Å². The fourth-order valence-corrected chi connectivity index (χ4v) is 4.63. The lowest BCUT2D eigenvalue weighted by Gasteiger charge is -2.45. The second kappa shape index (κ2) is 10.9. The van der Waals surface area contributed by atoms with Crippen molar-refractivity contribution in [2.45, 2.75) is 65.8 Å². The summed E-state index contributed by atoms with van der Waals surface area (Å²) >= 11 is 12.0. The fraction of sp³-hybridized carbons (Fsp3) is 0.462. The molecule has 4 unspecified atom stereocenters. The van der Waals surface area contributed by atoms with E-state index >= 15 is 0 Å². The number of ether oxygens (including phenoxy) is 2. The Hall–Kier alpha value is -2.44. The van der Waals surface area contributed by atoms with Crippen LogP contribution in [0, 0.1) is 13.8 Å². The Kier molecular flexibility index (Phi) is 8.37. The molecule has 1 saturated heterocycles. The maximum atomic E-state index is 13.2. The molecule has 6 nitrogen and oxygen atoms in total. The number of benzene rings is 2. The summed E-state index contributed by atoms with van der Waals surface area (Å²) < 4.78 is 11.9. The Morgan fingerprint density at radius 2 is 1.15 bits per heavy atom. The Morgan fingerprint density at radius 3 is 1.47 bits per heavy atom. The number of hydrogen-bond acceptors (Lipinski definition) is 4. The average Bonchev–Trinajstić information content (AvgIpc) is 2.77. The molecule has 1 aliphatic rings. The van der Waals surface area contributed by atoms with Crippen LogP contribution in [0.1, 0.15) is 38.8 Å². The number of carbonyl (C=O) groups is 2. The molecule has 3 rings (SSSR count). The van der Waals surface area contributed by atoms with E-state index in [0.29, 0.717) is 34.6 Å². The Balaban J connectivity index is 1.63. The lowest BCUT2D eigenvalue weighted by atomic mass is 10.1. The van der Waals surface area contributed by atoms with E-state index in [9.17, 15) is 9.59 Å². The number of piperazine rings is 1. The minimum Gasteiger partial charge on any atom is -0.481 e. The number of carbonyl (C=O) groups excluding carboxylic acids is 2. The Labute approximate surface area is 211 Å². The summed E-state index contributed by atoms with van der Waals surface area (Å²) in [6, 6.07) is 10.3. The summed E-state index contributed by atoms with van der Waals surface area (Å²) in [5, 5.41) is 1.24. The topological polar surface area (TPSA) is 59.1 Å². The third kappa shape index (κ3) is 5.97. The maximum absolute atomic E-state index is 13.2. The van der Waals surface area contributed by atoms with Crippen LogP contribution < -0.4 is 9.47 Å². The summed E-state index contributed by atoms with van der Waals surface area (Å²) in [6.07, 6.45) is -1.32. The SMILES string of the molecule is Cc1cc(Cl)ccc1OC(C)C(=O)N1CC(C)N(C(=O)C(C)Oc2ccc(Cl)cc2C)CC1C. The molecule has 0 radical (unpaired) electrons. The summed E-state index contributed by atoms with van der Waals surface area (Å²) in [6.45, 7) is 12.0. The van der Waals surface area contributed by atoms with Crippen molar-refractivity contribution < 1.29 is 19.1 Å². The van der Waals surface area contributed by atoms with E-state index in [1.54, 1.807) is 60.0 Å². The largest absolute Gasteiger partial charge is 0.481 e. The van der Waals surface area contributed by atoms with Crippen molar-refractivity contribution in [2.75, 3.05) is 13.1 Å². The van der Waals surface area contributed by atoms with Crippen LogP contribution in [0.4, 0.5) is 0 Å². The van der Waals surface area contributed by atoms with Gasteiger partial charge < -0.3 is 19.3 Å². The summed E-state index contributed by atoms with van der Waals surface area (Å²) in [5.41, 5.74) is 1.74. The maximum Gasteiger partial charge on any atom is 0.263 e. The monoisotopic (exact) mass is 506 g/mol. The van der Waals surface area contributed by atoms with Crippen molar-refractivity contribution in [3.8, 4) is 11.5 Å². The van der Waals surface area contributed by atoms with Gasteiger partial charge in [0.05, 0.1) is 0 Å². The highest BCUT2D eigenvalue weighted by Crippen LogP contribution is 2.26. The molecule has 2 aromatic carbocycles. The van der Waals surface area contributed by atoms with Crippen LogP contribution in [0.15, 0.2) is 36.4 Å². The van der Waals surface area contributed by atoms with Gasteiger partial charge in [0.1, 0.15) is 11.5 Å². The standard InChI is InChI=1S/C26H32Cl2N2O4/c1-15-11-21(27)7-9-23(15)33-19(5)25(31)29-13-18(4)30(14-17(29)3)26(32)20(6)34-24-10-8-22(28)12-16(24)2/h7-12,17-20H,13-14H2,1-6H3. The molecule has 2 amide bonds. The molecule has 0 saturated carbocycles. The first-order valence-corrected chi connectivity index (χ1v) is 12.2. The van der Waals surface area contributed by atoms with Gasteiger partial charge in [-0.05, 0) is 89.1 Å². The molecule has 0 N–H and O–H groups in total. The van der Waals surface area contributed by atoms with Crippen molar-refractivity contribution in [3.05, 3.63) is 57.6 Å². The highest BCUT2D eigenvalue weighted by molar-refractivity contribution is 6.31. The average molecular weight is 507 g/mol. The van der Waals surface area contributed by atoms with Crippen molar-refractivity contribution in [1.29, 1.82) is 0 Å². The lowest BCUT2D eigenvalue weighted by molar-refractivity contribution is -0.152. The quantitative estimate of drug-likeness (QED) is 0.533. The molecular formula is C26H32Cl2N2O4. The van der Waals surface area contributed by atoms with E-state index in [4.69, 9.17) is 32.7 Å². The van der Waals surface area contributed by atoms with Crippen LogP contribution in [0.5, 0.6) is 11.5 Å². The molecule has 1 aliphatic heterocycles. The summed E-state index contributed by atoms with van der Waals surface area (Å²) in [7, 11) is 0. The van der Waals surface area contributed by atoms with Crippen LogP contribution in [-0.2, 0) is 9.59 Å². The van der Waals surface area contributed by atoms with Gasteiger partial charge in [-0.25, -0.2) is 0 Å². The zero-order valence-electron chi connectivity index (χ0n) is 20.5. The van der Waals surface area contributed by atoms with Gasteiger partial charge in [-0.1, -0.05) is 23.2 Å². The van der Waals surface area contributed by atoms with Gasteiger partial charge in [0.25, 0.3) is 11.8 Å². The summed E-state index contributed by atoms with van der Waals surface area (Å²) in [4.78, 5) is 30.0. The van der Waals surface area contributed by atoms with Gasteiger partial charge in [-0.3, -0.25) is 9.59 Å². The first kappa shape index (κ1) is 26.2. The van der Waals surface area contributed by atoms with Crippen LogP contribution in [0.3, 0.4) is 0 Å². The molecule has 8 heteroatoms. The van der Waals surface area contributed by atoms with Gasteiger partial charge in [-0.2, -0.15) is 0 Å². The van der Waals surface area contributed by atoms with Gasteiger partial charge in [0, 0.05) is 35.2 Å². The molecular weight excluding hydrogens is 475 g/mol. The van der Waals surface area contributed by atoms with E-state index in [0.717, 1.165) is 11.1 Å². The van der Waals surface area contributed by atoms with E-state index in [2.05, 4.69) is 0 Å². The second-order valence-electron chi connectivity index (χ2n) is 9.02. The first-order valence-electron chi connectivity index (χ1n) is 11.4. The van der Waals surface area contributed by atoms with Gasteiger partial charge >= 0.3 is 0 Å². The zero-order chi connectivity index (χ0) is 25.2. The normalized spacial score (nSPS) is 20.0. The molecule has 184 valence electrons. The molecule has 0 aromatic heterocycles. The first-order chi connectivity index (χ1) is 16.0. The van der Waals surface area contributed by atoms with Crippen molar-refractivity contribution in [2.24, 2.45) is 0 Å². The smallest absolute Gasteiger partial charge is 0.263 e. The zero-order valence-corrected chi connectivity index (χ0v) is 22.0. The minimum absolute atomic E-state index is 0.109.